The summed E-state index contributed by atoms with van der Waals surface area (Å²) >= 11 is 0. The van der Waals surface area contributed by atoms with E-state index in [9.17, 15) is 5.26 Å². The topological polar surface area (TPSA) is 30.3 Å². The van der Waals surface area contributed by atoms with Gasteiger partial charge in [0.1, 0.15) is 5.54 Å². The molecule has 0 N–H and O–H groups in total. The maximum absolute atomic E-state index is 9.73. The van der Waals surface area contributed by atoms with Crippen LogP contribution in [0, 0.1) is 17.2 Å². The van der Waals surface area contributed by atoms with Gasteiger partial charge in [-0.15, -0.1) is 0 Å². The van der Waals surface area contributed by atoms with Crippen molar-refractivity contribution in [2.24, 2.45) is 5.92 Å². The fraction of sp³-hybridized carbons (Fsp3) is 0.611. The molecule has 3 nitrogen and oxygen atoms in total. The van der Waals surface area contributed by atoms with Gasteiger partial charge in [-0.25, -0.2) is 0 Å². The fourth-order valence-corrected chi connectivity index (χ4v) is 3.17. The minimum absolute atomic E-state index is 0.395. The molecule has 3 heteroatoms. The summed E-state index contributed by atoms with van der Waals surface area (Å²) < 4.78 is 0. The van der Waals surface area contributed by atoms with Crippen molar-refractivity contribution in [3.63, 3.8) is 0 Å². The molecule has 0 aromatic heterocycles. The van der Waals surface area contributed by atoms with Crippen LogP contribution in [-0.2, 0) is 6.42 Å². The van der Waals surface area contributed by atoms with E-state index in [-0.39, 0.29) is 0 Å². The molecule has 1 fully saturated rings. The van der Waals surface area contributed by atoms with Crippen molar-refractivity contribution in [1.82, 2.24) is 4.90 Å². The number of nitriles is 1. The van der Waals surface area contributed by atoms with Gasteiger partial charge in [0.05, 0.1) is 6.07 Å². The Morgan fingerprint density at radius 1 is 1.33 bits per heavy atom. The van der Waals surface area contributed by atoms with Crippen LogP contribution in [0.4, 0.5) is 5.69 Å². The number of hydrogen-bond acceptors (Lipinski definition) is 3. The third kappa shape index (κ3) is 3.77. The molecule has 2 rings (SSSR count). The second-order valence-electron chi connectivity index (χ2n) is 6.82. The second-order valence-corrected chi connectivity index (χ2v) is 6.82. The van der Waals surface area contributed by atoms with Crippen molar-refractivity contribution < 1.29 is 0 Å². The zero-order chi connectivity index (χ0) is 15.5. The van der Waals surface area contributed by atoms with Crippen LogP contribution in [0.5, 0.6) is 0 Å². The zero-order valence-corrected chi connectivity index (χ0v) is 13.8. The summed E-state index contributed by atoms with van der Waals surface area (Å²) in [5.41, 5.74) is 2.04. The molecule has 0 spiro atoms. The minimum atomic E-state index is -0.395. The average molecular weight is 285 g/mol. The van der Waals surface area contributed by atoms with Crippen LogP contribution in [0.25, 0.3) is 0 Å². The summed E-state index contributed by atoms with van der Waals surface area (Å²) in [5.74, 6) is 0.697. The molecule has 2 atom stereocenters. The van der Waals surface area contributed by atoms with E-state index in [2.05, 4.69) is 54.0 Å². The highest BCUT2D eigenvalue weighted by Crippen LogP contribution is 2.27. The predicted molar refractivity (Wildman–Crippen MR) is 88.5 cm³/mol. The van der Waals surface area contributed by atoms with Gasteiger partial charge in [0, 0.05) is 32.7 Å². The molecule has 0 amide bonds. The van der Waals surface area contributed by atoms with E-state index in [0.717, 1.165) is 19.5 Å². The van der Waals surface area contributed by atoms with Crippen LogP contribution in [-0.4, -0.2) is 37.6 Å². The Morgan fingerprint density at radius 2 is 2.00 bits per heavy atom. The van der Waals surface area contributed by atoms with Gasteiger partial charge in [0.15, 0.2) is 0 Å². The van der Waals surface area contributed by atoms with Gasteiger partial charge in [-0.3, -0.25) is 4.90 Å². The highest BCUT2D eigenvalue weighted by Gasteiger charge is 2.34. The lowest BCUT2D eigenvalue weighted by atomic mass is 9.88. The molecule has 0 bridgehead atoms. The molecule has 1 aromatic rings. The molecule has 0 aliphatic carbocycles. The van der Waals surface area contributed by atoms with E-state index in [0.29, 0.717) is 5.92 Å². The molecular weight excluding hydrogens is 258 g/mol. The molecule has 2 unspecified atom stereocenters. The Labute approximate surface area is 129 Å². The third-order valence-corrected chi connectivity index (χ3v) is 4.60. The lowest BCUT2D eigenvalue weighted by Gasteiger charge is -2.41. The average Bonchev–Trinajstić information content (AvgIpc) is 2.47. The Kier molecular flexibility index (Phi) is 4.90. The van der Waals surface area contributed by atoms with Crippen LogP contribution in [0.3, 0.4) is 0 Å². The molecule has 0 saturated carbocycles. The smallest absolute Gasteiger partial charge is 0.110 e. The van der Waals surface area contributed by atoms with Crippen LogP contribution in [0.15, 0.2) is 24.3 Å². The summed E-state index contributed by atoms with van der Waals surface area (Å²) in [7, 11) is 4.09. The predicted octanol–water partition coefficient (Wildman–Crippen LogP) is 3.31. The first kappa shape index (κ1) is 15.9. The number of hydrogen-bond donors (Lipinski definition) is 0. The van der Waals surface area contributed by atoms with Gasteiger partial charge >= 0.3 is 0 Å². The SMILES string of the molecule is CC1CCCN(C(C)(C#N)Cc2ccc(N(C)C)cc2)C1. The van der Waals surface area contributed by atoms with Gasteiger partial charge < -0.3 is 4.90 Å². The first-order chi connectivity index (χ1) is 9.94. The van der Waals surface area contributed by atoms with Gasteiger partial charge in [-0.2, -0.15) is 5.26 Å². The standard InChI is InChI=1S/C18H27N3/c1-15-6-5-11-21(13-15)18(2,14-19)12-16-7-9-17(10-8-16)20(3)4/h7-10,15H,5-6,11-13H2,1-4H3. The molecule has 21 heavy (non-hydrogen) atoms. The maximum Gasteiger partial charge on any atom is 0.110 e. The van der Waals surface area contributed by atoms with Crippen molar-refractivity contribution in [3.05, 3.63) is 29.8 Å². The number of nitrogens with zero attached hydrogens (tertiary/aromatic N) is 3. The highest BCUT2D eigenvalue weighted by atomic mass is 15.2. The van der Waals surface area contributed by atoms with Gasteiger partial charge in [-0.1, -0.05) is 19.1 Å². The van der Waals surface area contributed by atoms with Crippen LogP contribution >= 0.6 is 0 Å². The van der Waals surface area contributed by atoms with Crippen LogP contribution in [0.2, 0.25) is 0 Å². The summed E-state index contributed by atoms with van der Waals surface area (Å²) in [6.07, 6.45) is 3.29. The number of benzene rings is 1. The van der Waals surface area contributed by atoms with Crippen molar-refractivity contribution in [2.75, 3.05) is 32.1 Å². The first-order valence-corrected chi connectivity index (χ1v) is 7.87. The fourth-order valence-electron chi connectivity index (χ4n) is 3.17. The van der Waals surface area contributed by atoms with Crippen LogP contribution < -0.4 is 4.90 Å². The molecule has 0 radical (unpaired) electrons. The summed E-state index contributed by atoms with van der Waals surface area (Å²) in [4.78, 5) is 4.47. The van der Waals surface area contributed by atoms with Gasteiger partial charge in [0.2, 0.25) is 0 Å². The summed E-state index contributed by atoms with van der Waals surface area (Å²) in [5, 5.41) is 9.73. The molecular formula is C18H27N3. The Bertz CT molecular complexity index is 500. The van der Waals surface area contributed by atoms with Crippen molar-refractivity contribution in [1.29, 1.82) is 5.26 Å². The van der Waals surface area contributed by atoms with E-state index >= 15 is 0 Å². The second kappa shape index (κ2) is 6.49. The molecule has 114 valence electrons. The maximum atomic E-state index is 9.73. The Balaban J connectivity index is 2.12. The lowest BCUT2D eigenvalue weighted by Crippen LogP contribution is -2.51. The molecule has 1 aliphatic heterocycles. The normalized spacial score (nSPS) is 22.3. The largest absolute Gasteiger partial charge is 0.378 e. The number of piperidine rings is 1. The van der Waals surface area contributed by atoms with E-state index in [4.69, 9.17) is 0 Å². The van der Waals surface area contributed by atoms with E-state index in [1.807, 2.05) is 14.1 Å². The molecule has 1 aliphatic rings. The van der Waals surface area contributed by atoms with Crippen molar-refractivity contribution >= 4 is 5.69 Å². The van der Waals surface area contributed by atoms with E-state index in [1.54, 1.807) is 0 Å². The van der Waals surface area contributed by atoms with Crippen molar-refractivity contribution in [2.45, 2.75) is 38.6 Å². The van der Waals surface area contributed by atoms with Gasteiger partial charge in [-0.05, 0) is 49.9 Å². The highest BCUT2D eigenvalue weighted by molar-refractivity contribution is 5.46. The van der Waals surface area contributed by atoms with Gasteiger partial charge in [0.25, 0.3) is 0 Å². The Morgan fingerprint density at radius 3 is 2.52 bits per heavy atom. The van der Waals surface area contributed by atoms with Crippen molar-refractivity contribution in [3.8, 4) is 6.07 Å². The molecule has 1 saturated heterocycles. The number of anilines is 1. The number of likely N-dealkylation sites (tertiary alicyclic amines) is 1. The first-order valence-electron chi connectivity index (χ1n) is 7.87. The minimum Gasteiger partial charge on any atom is -0.378 e. The monoisotopic (exact) mass is 285 g/mol. The molecule has 1 heterocycles. The summed E-state index contributed by atoms with van der Waals surface area (Å²) in [6, 6.07) is 11.1. The zero-order valence-electron chi connectivity index (χ0n) is 13.8. The quantitative estimate of drug-likeness (QED) is 0.850. The van der Waals surface area contributed by atoms with E-state index < -0.39 is 5.54 Å². The third-order valence-electron chi connectivity index (χ3n) is 4.60. The summed E-state index contributed by atoms with van der Waals surface area (Å²) in [6.45, 7) is 6.46. The number of rotatable bonds is 4. The Hall–Kier alpha value is -1.53. The lowest BCUT2D eigenvalue weighted by molar-refractivity contribution is 0.0959. The van der Waals surface area contributed by atoms with E-state index in [1.165, 1.54) is 24.1 Å². The van der Waals surface area contributed by atoms with Crippen LogP contribution in [0.1, 0.15) is 32.3 Å². The molecule has 1 aromatic carbocycles.